The molecule has 1 aliphatic carbocycles. The highest BCUT2D eigenvalue weighted by molar-refractivity contribution is 5.80. The van der Waals surface area contributed by atoms with Gasteiger partial charge in [-0.05, 0) is 119 Å². The Morgan fingerprint density at radius 1 is 0.541 bits per heavy atom. The molecule has 5 aliphatic rings. The van der Waals surface area contributed by atoms with Gasteiger partial charge in [-0.2, -0.15) is 0 Å². The molecule has 2 aromatic rings. The van der Waals surface area contributed by atoms with E-state index in [-0.39, 0.29) is 54.3 Å². The lowest BCUT2D eigenvalue weighted by atomic mass is 9.92. The number of nitrogens with two attached hydrogens (primary N) is 4. The van der Waals surface area contributed by atoms with Crippen molar-refractivity contribution >= 4 is 59.5 Å². The van der Waals surface area contributed by atoms with Gasteiger partial charge in [0.15, 0.2) is 11.9 Å². The summed E-state index contributed by atoms with van der Waals surface area (Å²) in [7, 11) is 0. The average molecular weight is 1030 g/mol. The summed E-state index contributed by atoms with van der Waals surface area (Å²) in [6, 6.07) is 14.1. The van der Waals surface area contributed by atoms with E-state index < -0.39 is 6.09 Å². The molecule has 0 spiro atoms. The lowest BCUT2D eigenvalue weighted by molar-refractivity contribution is -0.132. The minimum absolute atomic E-state index is 0.0195. The minimum atomic E-state index is -0.886. The van der Waals surface area contributed by atoms with E-state index in [1.807, 2.05) is 29.2 Å². The molecule has 4 heterocycles. The Morgan fingerprint density at radius 2 is 0.919 bits per heavy atom. The van der Waals surface area contributed by atoms with Crippen molar-refractivity contribution in [2.24, 2.45) is 38.8 Å². The summed E-state index contributed by atoms with van der Waals surface area (Å²) in [5, 5.41) is 18.0. The molecule has 8 amide bonds. The quantitative estimate of drug-likeness (QED) is 0.112. The number of benzene rings is 2. The normalized spacial score (nSPS) is 19.6. The zero-order valence-electron chi connectivity index (χ0n) is 42.5. The van der Waals surface area contributed by atoms with Crippen LogP contribution in [0.1, 0.15) is 81.8 Å². The number of carbonyl (C=O) groups is 6. The molecule has 0 aromatic heterocycles. The van der Waals surface area contributed by atoms with Crippen LogP contribution >= 0.6 is 0 Å². The number of aliphatic imine (C=N–C) groups is 2. The van der Waals surface area contributed by atoms with Crippen LogP contribution in [0.4, 0.5) is 35.3 Å². The molecule has 1 saturated carbocycles. The van der Waals surface area contributed by atoms with Gasteiger partial charge in [-0.15, -0.1) is 0 Å². The molecule has 7 rings (SSSR count). The Labute approximate surface area is 433 Å². The molecule has 24 nitrogen and oxygen atoms in total. The maximum Gasteiger partial charge on any atom is 0.410 e. The summed E-state index contributed by atoms with van der Waals surface area (Å²) in [6.07, 6.45) is 7.37. The summed E-state index contributed by atoms with van der Waals surface area (Å²) >= 11 is 0. The molecule has 0 bridgehead atoms. The second kappa shape index (κ2) is 28.9. The second-order valence-corrected chi connectivity index (χ2v) is 19.3. The summed E-state index contributed by atoms with van der Waals surface area (Å²) in [6.45, 7) is 8.06. The Bertz CT molecular complexity index is 2070. The first kappa shape index (κ1) is 56.1. The van der Waals surface area contributed by atoms with Gasteiger partial charge in [0.2, 0.25) is 5.91 Å². The maximum atomic E-state index is 13.0. The van der Waals surface area contributed by atoms with Crippen LogP contribution in [0, 0.1) is 5.92 Å². The van der Waals surface area contributed by atoms with Crippen LogP contribution in [0.2, 0.25) is 0 Å². The molecule has 0 radical (unpaired) electrons. The highest BCUT2D eigenvalue weighted by atomic mass is 16.6. The van der Waals surface area contributed by atoms with E-state index in [9.17, 15) is 28.8 Å². The second-order valence-electron chi connectivity index (χ2n) is 19.3. The summed E-state index contributed by atoms with van der Waals surface area (Å²) in [4.78, 5) is 92.1. The predicted octanol–water partition coefficient (Wildman–Crippen LogP) is 3.19. The third kappa shape index (κ3) is 18.7. The summed E-state index contributed by atoms with van der Waals surface area (Å²) in [5.41, 5.74) is 24.7. The van der Waals surface area contributed by atoms with Crippen molar-refractivity contribution in [1.82, 2.24) is 45.3 Å². The average Bonchev–Trinajstić information content (AvgIpc) is 3.39. The third-order valence-electron chi connectivity index (χ3n) is 13.9. The lowest BCUT2D eigenvalue weighted by Gasteiger charge is -2.36. The molecular formula is C50H77N15O9. The van der Waals surface area contributed by atoms with Crippen LogP contribution in [0.5, 0.6) is 0 Å². The van der Waals surface area contributed by atoms with Crippen LogP contribution < -0.4 is 38.9 Å². The molecule has 406 valence electrons. The molecule has 4 saturated heterocycles. The molecule has 0 unspecified atom stereocenters. The number of piperidine rings is 1. The van der Waals surface area contributed by atoms with E-state index in [0.29, 0.717) is 135 Å². The number of piperazine rings is 3. The Balaban J connectivity index is 0.000000371. The van der Waals surface area contributed by atoms with Crippen LogP contribution in [0.3, 0.4) is 0 Å². The molecule has 2 aromatic carbocycles. The van der Waals surface area contributed by atoms with Crippen molar-refractivity contribution < 1.29 is 43.3 Å². The van der Waals surface area contributed by atoms with Crippen molar-refractivity contribution in [3.8, 4) is 0 Å². The fourth-order valence-electron chi connectivity index (χ4n) is 9.56. The van der Waals surface area contributed by atoms with Crippen LogP contribution in [0.15, 0.2) is 58.5 Å². The standard InChI is InChI=1S/C36H52N12O6.C14H25N3O3/c37-31(38)43-27-11-7-25(8-12-27)23-41-33(49)45-15-19-47(20-16-45)35(51)53-29-3-1-4-30(6-2-5-29)54-36(52)48-21-17-46(18-22-48)34(50)42-24-26-9-13-28(14-10-26)44-32(39)40;18-13(3-1-2-12-4-6-15-7-5-12)16-8-10-17(11-9-16)14(19)20/h7-14,29-30H,1-6,15-24H2,(H,41,49)(H,42,50)(H4,37,38,43)(H4,39,40,44);12,15H,1-11H2,(H,19,20). The first-order valence-corrected chi connectivity index (χ1v) is 26.0. The fourth-order valence-corrected chi connectivity index (χ4v) is 9.56. The SMILES string of the molecule is NC(N)=Nc1ccc(CNC(=O)N2CCN(C(=O)OC3CCCC(OC(=O)N4CCN(C(=O)NCc5ccc(N=C(N)N)cc5)CC4)CCC3)CC2)cc1.O=C(O)N1CCN(C(=O)CCCC2CCNCC2)CC1. The van der Waals surface area contributed by atoms with Gasteiger partial charge in [0.1, 0.15) is 12.2 Å². The van der Waals surface area contributed by atoms with Crippen molar-refractivity contribution in [1.29, 1.82) is 0 Å². The topological polar surface area (TPSA) is 325 Å². The van der Waals surface area contributed by atoms with Gasteiger partial charge in [0, 0.05) is 98.0 Å². The number of nitrogens with zero attached hydrogens (tertiary/aromatic N) is 8. The highest BCUT2D eigenvalue weighted by Gasteiger charge is 2.31. The molecule has 74 heavy (non-hydrogen) atoms. The van der Waals surface area contributed by atoms with Crippen molar-refractivity contribution in [2.45, 2.75) is 95.9 Å². The number of urea groups is 2. The number of guanidine groups is 2. The van der Waals surface area contributed by atoms with Gasteiger partial charge in [-0.25, -0.2) is 34.0 Å². The minimum Gasteiger partial charge on any atom is -0.465 e. The monoisotopic (exact) mass is 1030 g/mol. The molecule has 24 heteroatoms. The zero-order valence-corrected chi connectivity index (χ0v) is 42.5. The third-order valence-corrected chi connectivity index (χ3v) is 13.9. The van der Waals surface area contributed by atoms with E-state index in [4.69, 9.17) is 37.5 Å². The van der Waals surface area contributed by atoms with Gasteiger partial charge in [-0.3, -0.25) is 4.79 Å². The number of nitrogens with one attached hydrogen (secondary N) is 3. The number of carboxylic acid groups (broad SMARTS) is 1. The Kier molecular flexibility index (Phi) is 21.9. The van der Waals surface area contributed by atoms with Crippen molar-refractivity contribution in [2.75, 3.05) is 91.6 Å². The summed E-state index contributed by atoms with van der Waals surface area (Å²) in [5.74, 6) is 0.916. The molecule has 12 N–H and O–H groups in total. The number of hydrogen-bond acceptors (Lipinski definition) is 11. The van der Waals surface area contributed by atoms with Crippen molar-refractivity contribution in [3.05, 3.63) is 59.7 Å². The largest absolute Gasteiger partial charge is 0.465 e. The van der Waals surface area contributed by atoms with Gasteiger partial charge in [0.25, 0.3) is 0 Å². The molecular weight excluding hydrogens is 955 g/mol. The van der Waals surface area contributed by atoms with Crippen LogP contribution in [-0.4, -0.2) is 187 Å². The summed E-state index contributed by atoms with van der Waals surface area (Å²) < 4.78 is 11.8. The smallest absolute Gasteiger partial charge is 0.410 e. The number of carbonyl (C=O) groups excluding carboxylic acids is 5. The maximum absolute atomic E-state index is 13.0. The molecule has 5 fully saturated rings. The van der Waals surface area contributed by atoms with Gasteiger partial charge in [-0.1, -0.05) is 24.3 Å². The van der Waals surface area contributed by atoms with Gasteiger partial charge in [0.05, 0.1) is 11.4 Å². The number of ether oxygens (including phenoxy) is 2. The van der Waals surface area contributed by atoms with E-state index >= 15 is 0 Å². The lowest BCUT2D eigenvalue weighted by Crippen LogP contribution is -2.53. The van der Waals surface area contributed by atoms with Gasteiger partial charge >= 0.3 is 30.3 Å². The van der Waals surface area contributed by atoms with Crippen molar-refractivity contribution in [3.63, 3.8) is 0 Å². The van der Waals surface area contributed by atoms with Crippen LogP contribution in [-0.2, 0) is 27.4 Å². The Hall–Kier alpha value is -7.24. The zero-order chi connectivity index (χ0) is 52.8. The number of hydrogen-bond donors (Lipinski definition) is 8. The Morgan fingerprint density at radius 3 is 1.31 bits per heavy atom. The van der Waals surface area contributed by atoms with Crippen LogP contribution in [0.25, 0.3) is 0 Å². The first-order valence-electron chi connectivity index (χ1n) is 26.0. The van der Waals surface area contributed by atoms with Gasteiger partial charge < -0.3 is 82.9 Å². The highest BCUT2D eigenvalue weighted by Crippen LogP contribution is 2.25. The van der Waals surface area contributed by atoms with E-state index in [2.05, 4.69) is 25.9 Å². The molecule has 4 aliphatic heterocycles. The number of rotatable bonds is 12. The van der Waals surface area contributed by atoms with E-state index in [1.54, 1.807) is 43.9 Å². The number of amides is 8. The fraction of sp³-hybridized carbons (Fsp3) is 0.600. The van der Waals surface area contributed by atoms with E-state index in [0.717, 1.165) is 55.8 Å². The predicted molar refractivity (Wildman–Crippen MR) is 278 cm³/mol. The van der Waals surface area contributed by atoms with E-state index in [1.165, 1.54) is 17.7 Å². The molecule has 0 atom stereocenters. The first-order chi connectivity index (χ1) is 35.7.